The molecule has 0 saturated carbocycles. The van der Waals surface area contributed by atoms with Gasteiger partial charge in [0.25, 0.3) is 0 Å². The molecule has 6 heteroatoms. The molecule has 6 nitrogen and oxygen atoms in total. The highest BCUT2D eigenvalue weighted by atomic mass is 16.5. The predicted octanol–water partition coefficient (Wildman–Crippen LogP) is 9.20. The number of aliphatic hydroxyl groups excluding tert-OH is 2. The average molecular weight is 643 g/mol. The number of ether oxygens (including phenoxy) is 4. The van der Waals surface area contributed by atoms with Crippen LogP contribution in [-0.2, 0) is 32.2 Å². The second-order valence-electron chi connectivity index (χ2n) is 12.8. The van der Waals surface area contributed by atoms with Gasteiger partial charge in [-0.1, -0.05) is 163 Å². The van der Waals surface area contributed by atoms with Crippen molar-refractivity contribution in [2.45, 2.75) is 141 Å². The van der Waals surface area contributed by atoms with E-state index in [1.54, 1.807) is 0 Å². The fourth-order valence-corrected chi connectivity index (χ4v) is 5.55. The van der Waals surface area contributed by atoms with Gasteiger partial charge in [-0.3, -0.25) is 0 Å². The minimum atomic E-state index is -0.554. The van der Waals surface area contributed by atoms with Crippen molar-refractivity contribution in [3.63, 3.8) is 0 Å². The van der Waals surface area contributed by atoms with E-state index in [4.69, 9.17) is 18.9 Å². The van der Waals surface area contributed by atoms with E-state index in [1.807, 2.05) is 60.7 Å². The van der Waals surface area contributed by atoms with E-state index in [1.165, 1.54) is 103 Å². The first kappa shape index (κ1) is 40.4. The zero-order chi connectivity index (χ0) is 32.6. The predicted molar refractivity (Wildman–Crippen MR) is 189 cm³/mol. The summed E-state index contributed by atoms with van der Waals surface area (Å²) in [6.45, 7) is 3.85. The van der Waals surface area contributed by atoms with Crippen molar-refractivity contribution in [2.75, 3.05) is 39.6 Å². The Bertz CT molecular complexity index is 806. The molecule has 0 radical (unpaired) electrons. The van der Waals surface area contributed by atoms with Crippen LogP contribution in [0.3, 0.4) is 0 Å². The van der Waals surface area contributed by atoms with Gasteiger partial charge in [0.1, 0.15) is 12.2 Å². The molecule has 2 rings (SSSR count). The minimum absolute atomic E-state index is 0.315. The topological polar surface area (TPSA) is 77.4 Å². The van der Waals surface area contributed by atoms with Gasteiger partial charge < -0.3 is 29.2 Å². The Morgan fingerprint density at radius 2 is 0.609 bits per heavy atom. The summed E-state index contributed by atoms with van der Waals surface area (Å²) >= 11 is 0. The van der Waals surface area contributed by atoms with Crippen molar-refractivity contribution in [1.82, 2.24) is 0 Å². The van der Waals surface area contributed by atoms with Gasteiger partial charge in [-0.25, -0.2) is 0 Å². The van der Waals surface area contributed by atoms with Crippen molar-refractivity contribution in [3.8, 4) is 0 Å². The Morgan fingerprint density at radius 3 is 0.913 bits per heavy atom. The maximum Gasteiger partial charge on any atom is 0.101 e. The summed E-state index contributed by atoms with van der Waals surface area (Å²) in [7, 11) is 0. The molecule has 0 fully saturated rings. The lowest BCUT2D eigenvalue weighted by Crippen LogP contribution is -2.22. The molecule has 0 saturated heterocycles. The number of rotatable bonds is 33. The van der Waals surface area contributed by atoms with Gasteiger partial charge in [0.15, 0.2) is 0 Å². The average Bonchev–Trinajstić information content (AvgIpc) is 3.07. The number of benzene rings is 2. The van der Waals surface area contributed by atoms with Crippen LogP contribution in [0.4, 0.5) is 0 Å². The van der Waals surface area contributed by atoms with E-state index in [9.17, 15) is 10.2 Å². The van der Waals surface area contributed by atoms with Crippen molar-refractivity contribution in [2.24, 2.45) is 0 Å². The van der Waals surface area contributed by atoms with E-state index in [2.05, 4.69) is 0 Å². The first-order valence-corrected chi connectivity index (χ1v) is 18.5. The van der Waals surface area contributed by atoms with E-state index in [-0.39, 0.29) is 0 Å². The Labute approximate surface area is 281 Å². The number of unbranched alkanes of at least 4 members (excludes halogenated alkanes) is 17. The first-order valence-electron chi connectivity index (χ1n) is 18.5. The molecule has 0 aliphatic heterocycles. The van der Waals surface area contributed by atoms with Crippen LogP contribution in [-0.4, -0.2) is 62.1 Å². The molecule has 46 heavy (non-hydrogen) atoms. The molecule has 0 bridgehead atoms. The van der Waals surface area contributed by atoms with Gasteiger partial charge in [0.05, 0.1) is 39.6 Å². The molecule has 0 unspecified atom stereocenters. The summed E-state index contributed by atoms with van der Waals surface area (Å²) in [6, 6.07) is 20.1. The van der Waals surface area contributed by atoms with E-state index in [0.717, 1.165) is 37.2 Å². The Hall–Kier alpha value is -1.80. The normalized spacial score (nSPS) is 12.8. The molecule has 2 atom stereocenters. The lowest BCUT2D eigenvalue weighted by atomic mass is 10.0. The second-order valence-corrected chi connectivity index (χ2v) is 12.8. The van der Waals surface area contributed by atoms with E-state index in [0.29, 0.717) is 39.6 Å². The standard InChI is InChI=1S/C40H66O6/c41-39(35-45-31-37-25-19-17-20-26-37)33-43-29-23-15-13-11-9-7-5-3-1-2-4-6-8-10-12-14-16-24-30-44-34-40(42)36-46-32-38-27-21-18-22-28-38/h17-22,25-28,39-42H,1-16,23-24,29-36H2/t39-,40-/m1/s1. The molecule has 2 aromatic rings. The van der Waals surface area contributed by atoms with Gasteiger partial charge in [0, 0.05) is 13.2 Å². The van der Waals surface area contributed by atoms with Crippen molar-refractivity contribution < 1.29 is 29.2 Å². The highest BCUT2D eigenvalue weighted by Gasteiger charge is 2.06. The smallest absolute Gasteiger partial charge is 0.101 e. The molecular formula is C40H66O6. The van der Waals surface area contributed by atoms with Gasteiger partial charge in [-0.05, 0) is 24.0 Å². The molecule has 262 valence electrons. The fourth-order valence-electron chi connectivity index (χ4n) is 5.55. The van der Waals surface area contributed by atoms with Crippen LogP contribution in [0.25, 0.3) is 0 Å². The molecule has 0 heterocycles. The molecule has 0 amide bonds. The van der Waals surface area contributed by atoms with Crippen LogP contribution in [0.5, 0.6) is 0 Å². The van der Waals surface area contributed by atoms with Gasteiger partial charge >= 0.3 is 0 Å². The zero-order valence-electron chi connectivity index (χ0n) is 28.8. The Morgan fingerprint density at radius 1 is 0.348 bits per heavy atom. The summed E-state index contributed by atoms with van der Waals surface area (Å²) in [5.74, 6) is 0. The molecule has 0 aromatic heterocycles. The monoisotopic (exact) mass is 642 g/mol. The highest BCUT2D eigenvalue weighted by molar-refractivity contribution is 5.14. The van der Waals surface area contributed by atoms with Crippen LogP contribution < -0.4 is 0 Å². The lowest BCUT2D eigenvalue weighted by Gasteiger charge is -2.12. The molecule has 0 aliphatic rings. The molecule has 2 N–H and O–H groups in total. The third-order valence-corrected chi connectivity index (χ3v) is 8.29. The van der Waals surface area contributed by atoms with Crippen LogP contribution in [0.15, 0.2) is 60.7 Å². The summed E-state index contributed by atoms with van der Waals surface area (Å²) in [5, 5.41) is 20.0. The summed E-state index contributed by atoms with van der Waals surface area (Å²) in [6.07, 6.45) is 22.5. The largest absolute Gasteiger partial charge is 0.388 e. The number of aliphatic hydroxyl groups is 2. The summed E-state index contributed by atoms with van der Waals surface area (Å²) < 4.78 is 22.4. The second kappa shape index (κ2) is 30.5. The van der Waals surface area contributed by atoms with Crippen molar-refractivity contribution in [1.29, 1.82) is 0 Å². The molecule has 0 aliphatic carbocycles. The Balaban J connectivity index is 1.18. The van der Waals surface area contributed by atoms with Crippen LogP contribution >= 0.6 is 0 Å². The molecule has 0 spiro atoms. The van der Waals surface area contributed by atoms with Crippen molar-refractivity contribution >= 4 is 0 Å². The van der Waals surface area contributed by atoms with Crippen molar-refractivity contribution in [3.05, 3.63) is 71.8 Å². The number of hydrogen-bond donors (Lipinski definition) is 2. The quantitative estimate of drug-likeness (QED) is 0.0756. The van der Waals surface area contributed by atoms with Crippen LogP contribution in [0.1, 0.15) is 127 Å². The van der Waals surface area contributed by atoms with Gasteiger partial charge in [-0.2, -0.15) is 0 Å². The maximum atomic E-state index is 9.98. The Kier molecular flexibility index (Phi) is 26.8. The third kappa shape index (κ3) is 25.3. The van der Waals surface area contributed by atoms with Gasteiger partial charge in [-0.15, -0.1) is 0 Å². The van der Waals surface area contributed by atoms with Gasteiger partial charge in [0.2, 0.25) is 0 Å². The van der Waals surface area contributed by atoms with E-state index < -0.39 is 12.2 Å². The summed E-state index contributed by atoms with van der Waals surface area (Å²) in [4.78, 5) is 0. The SMILES string of the molecule is O[C@H](COCCCCCCCCCCCCCCCCCCCCOC[C@@H](O)COCc1ccccc1)COCc1ccccc1. The summed E-state index contributed by atoms with van der Waals surface area (Å²) in [5.41, 5.74) is 2.24. The third-order valence-electron chi connectivity index (χ3n) is 8.29. The fraction of sp³-hybridized carbons (Fsp3) is 0.700. The molecular weight excluding hydrogens is 576 g/mol. The van der Waals surface area contributed by atoms with E-state index >= 15 is 0 Å². The minimum Gasteiger partial charge on any atom is -0.388 e. The van der Waals surface area contributed by atoms with Crippen LogP contribution in [0.2, 0.25) is 0 Å². The highest BCUT2D eigenvalue weighted by Crippen LogP contribution is 2.14. The first-order chi connectivity index (χ1) is 22.7. The molecule has 2 aromatic carbocycles. The van der Waals surface area contributed by atoms with Crippen LogP contribution in [0, 0.1) is 0 Å². The number of hydrogen-bond acceptors (Lipinski definition) is 6. The zero-order valence-corrected chi connectivity index (χ0v) is 28.8. The maximum absolute atomic E-state index is 9.98. The lowest BCUT2D eigenvalue weighted by molar-refractivity contribution is -0.0239.